The number of nitrogens with zero attached hydrogens (tertiary/aromatic N) is 1. The zero-order valence-corrected chi connectivity index (χ0v) is 10.6. The van der Waals surface area contributed by atoms with E-state index < -0.39 is 0 Å². The smallest absolute Gasteiger partial charge is 0.250 e. The number of halogens is 2. The fraction of sp³-hybridized carbons (Fsp3) is 0.154. The monoisotopic (exact) mass is 267 g/mol. The second kappa shape index (κ2) is 5.39. The van der Waals surface area contributed by atoms with E-state index in [2.05, 4.69) is 0 Å². The van der Waals surface area contributed by atoms with Crippen molar-refractivity contribution >= 4 is 23.2 Å². The summed E-state index contributed by atoms with van der Waals surface area (Å²) >= 11 is 11.9. The highest BCUT2D eigenvalue weighted by molar-refractivity contribution is 6.31. The number of hydrogen-bond acceptors (Lipinski definition) is 1. The Morgan fingerprint density at radius 3 is 2.65 bits per heavy atom. The molecule has 0 N–H and O–H groups in total. The van der Waals surface area contributed by atoms with Crippen molar-refractivity contribution in [3.63, 3.8) is 0 Å². The van der Waals surface area contributed by atoms with E-state index in [1.54, 1.807) is 16.8 Å². The summed E-state index contributed by atoms with van der Waals surface area (Å²) < 4.78 is 1.61. The highest BCUT2D eigenvalue weighted by Crippen LogP contribution is 2.19. The molecular formula is C13H11Cl2NO. The first-order chi connectivity index (χ1) is 8.20. The standard InChI is InChI=1S/C13H11Cl2NO/c14-8-10-4-5-11(12(15)7-10)9-16-6-2-1-3-13(16)17/h1-7H,8-9H2. The second-order valence-electron chi connectivity index (χ2n) is 3.73. The Labute approximate surface area is 109 Å². The summed E-state index contributed by atoms with van der Waals surface area (Å²) in [7, 11) is 0. The summed E-state index contributed by atoms with van der Waals surface area (Å²) in [6.45, 7) is 0.473. The first kappa shape index (κ1) is 12.2. The van der Waals surface area contributed by atoms with E-state index in [1.165, 1.54) is 6.07 Å². The lowest BCUT2D eigenvalue weighted by Crippen LogP contribution is -2.18. The third-order valence-electron chi connectivity index (χ3n) is 2.51. The number of aromatic nitrogens is 1. The predicted octanol–water partition coefficient (Wildman–Crippen LogP) is 3.29. The van der Waals surface area contributed by atoms with Gasteiger partial charge in [-0.25, -0.2) is 0 Å². The maximum Gasteiger partial charge on any atom is 0.250 e. The van der Waals surface area contributed by atoms with Gasteiger partial charge in [0.2, 0.25) is 0 Å². The van der Waals surface area contributed by atoms with E-state index >= 15 is 0 Å². The first-order valence-electron chi connectivity index (χ1n) is 5.19. The molecule has 2 aromatic rings. The Balaban J connectivity index is 2.31. The van der Waals surface area contributed by atoms with E-state index in [4.69, 9.17) is 23.2 Å². The van der Waals surface area contributed by atoms with Crippen molar-refractivity contribution in [1.29, 1.82) is 0 Å². The SMILES string of the molecule is O=c1ccccn1Cc1ccc(CCl)cc1Cl. The second-order valence-corrected chi connectivity index (χ2v) is 4.40. The van der Waals surface area contributed by atoms with Crippen molar-refractivity contribution in [3.05, 3.63) is 69.1 Å². The lowest BCUT2D eigenvalue weighted by atomic mass is 10.1. The highest BCUT2D eigenvalue weighted by Gasteiger charge is 2.03. The number of hydrogen-bond donors (Lipinski definition) is 0. The summed E-state index contributed by atoms with van der Waals surface area (Å²) in [5.74, 6) is 0.436. The van der Waals surface area contributed by atoms with Gasteiger partial charge in [-0.1, -0.05) is 29.8 Å². The van der Waals surface area contributed by atoms with E-state index in [-0.39, 0.29) is 5.56 Å². The molecule has 0 unspecified atom stereocenters. The van der Waals surface area contributed by atoms with Crippen molar-refractivity contribution < 1.29 is 0 Å². The number of pyridine rings is 1. The van der Waals surface area contributed by atoms with Crippen LogP contribution in [-0.2, 0) is 12.4 Å². The summed E-state index contributed by atoms with van der Waals surface area (Å²) in [4.78, 5) is 11.6. The topological polar surface area (TPSA) is 22.0 Å². The third kappa shape index (κ3) is 2.90. The average Bonchev–Trinajstić information content (AvgIpc) is 2.34. The molecule has 0 atom stereocenters. The minimum Gasteiger partial charge on any atom is -0.311 e. The maximum atomic E-state index is 11.6. The van der Waals surface area contributed by atoms with Gasteiger partial charge in [-0.15, -0.1) is 11.6 Å². The van der Waals surface area contributed by atoms with Crippen molar-refractivity contribution in [3.8, 4) is 0 Å². The molecule has 4 heteroatoms. The average molecular weight is 268 g/mol. The van der Waals surface area contributed by atoms with E-state index in [0.29, 0.717) is 17.4 Å². The Kier molecular flexibility index (Phi) is 3.87. The van der Waals surface area contributed by atoms with Gasteiger partial charge in [-0.3, -0.25) is 4.79 Å². The molecule has 2 nitrogen and oxygen atoms in total. The molecule has 0 aliphatic carbocycles. The maximum absolute atomic E-state index is 11.6. The Bertz CT molecular complexity index is 578. The molecule has 2 rings (SSSR count). The highest BCUT2D eigenvalue weighted by atomic mass is 35.5. The van der Waals surface area contributed by atoms with Gasteiger partial charge in [-0.05, 0) is 23.3 Å². The van der Waals surface area contributed by atoms with E-state index in [0.717, 1.165) is 11.1 Å². The summed E-state index contributed by atoms with van der Waals surface area (Å²) in [5.41, 5.74) is 1.85. The molecule has 88 valence electrons. The van der Waals surface area contributed by atoms with Gasteiger partial charge >= 0.3 is 0 Å². The molecule has 0 fully saturated rings. The van der Waals surface area contributed by atoms with Crippen molar-refractivity contribution in [2.45, 2.75) is 12.4 Å². The minimum absolute atomic E-state index is 0.0370. The van der Waals surface area contributed by atoms with Crippen LogP contribution in [0.4, 0.5) is 0 Å². The van der Waals surface area contributed by atoms with Crippen LogP contribution in [0.25, 0.3) is 0 Å². The van der Waals surface area contributed by atoms with Crippen LogP contribution in [0.5, 0.6) is 0 Å². The molecule has 0 aliphatic rings. The molecule has 17 heavy (non-hydrogen) atoms. The zero-order valence-electron chi connectivity index (χ0n) is 9.07. The van der Waals surface area contributed by atoms with Gasteiger partial charge in [0, 0.05) is 23.2 Å². The normalized spacial score (nSPS) is 10.5. The third-order valence-corrected chi connectivity index (χ3v) is 3.17. The van der Waals surface area contributed by atoms with Crippen LogP contribution < -0.4 is 5.56 Å². The molecule has 1 heterocycles. The van der Waals surface area contributed by atoms with Crippen LogP contribution in [-0.4, -0.2) is 4.57 Å². The summed E-state index contributed by atoms with van der Waals surface area (Å²) in [6.07, 6.45) is 1.74. The molecule has 1 aromatic heterocycles. The molecule has 0 spiro atoms. The fourth-order valence-electron chi connectivity index (χ4n) is 1.58. The quantitative estimate of drug-likeness (QED) is 0.783. The summed E-state index contributed by atoms with van der Waals surface area (Å²) in [6, 6.07) is 10.7. The fourth-order valence-corrected chi connectivity index (χ4v) is 2.01. The summed E-state index contributed by atoms with van der Waals surface area (Å²) in [5, 5.41) is 0.638. The lowest BCUT2D eigenvalue weighted by Gasteiger charge is -2.08. The predicted molar refractivity (Wildman–Crippen MR) is 70.8 cm³/mol. The lowest BCUT2D eigenvalue weighted by molar-refractivity contribution is 0.759. The van der Waals surface area contributed by atoms with Crippen molar-refractivity contribution in [2.75, 3.05) is 0 Å². The number of benzene rings is 1. The van der Waals surface area contributed by atoms with Crippen LogP contribution in [0.3, 0.4) is 0 Å². The van der Waals surface area contributed by atoms with Crippen LogP contribution in [0.1, 0.15) is 11.1 Å². The van der Waals surface area contributed by atoms with Crippen molar-refractivity contribution in [1.82, 2.24) is 4.57 Å². The van der Waals surface area contributed by atoms with Gasteiger partial charge in [0.1, 0.15) is 0 Å². The molecular weight excluding hydrogens is 257 g/mol. The van der Waals surface area contributed by atoms with Gasteiger partial charge in [0.15, 0.2) is 0 Å². The van der Waals surface area contributed by atoms with Crippen LogP contribution >= 0.6 is 23.2 Å². The molecule has 0 saturated carbocycles. The number of alkyl halides is 1. The number of rotatable bonds is 3. The first-order valence-corrected chi connectivity index (χ1v) is 6.10. The van der Waals surface area contributed by atoms with Gasteiger partial charge in [0.25, 0.3) is 5.56 Å². The minimum atomic E-state index is -0.0370. The molecule has 0 aliphatic heterocycles. The Morgan fingerprint density at radius 2 is 2.00 bits per heavy atom. The van der Waals surface area contributed by atoms with Crippen LogP contribution in [0.2, 0.25) is 5.02 Å². The van der Waals surface area contributed by atoms with E-state index in [9.17, 15) is 4.79 Å². The van der Waals surface area contributed by atoms with Gasteiger partial charge < -0.3 is 4.57 Å². The van der Waals surface area contributed by atoms with Gasteiger partial charge in [0.05, 0.1) is 6.54 Å². The zero-order chi connectivity index (χ0) is 12.3. The molecule has 0 radical (unpaired) electrons. The largest absolute Gasteiger partial charge is 0.311 e. The van der Waals surface area contributed by atoms with Gasteiger partial charge in [-0.2, -0.15) is 0 Å². The van der Waals surface area contributed by atoms with Crippen molar-refractivity contribution in [2.24, 2.45) is 0 Å². The van der Waals surface area contributed by atoms with E-state index in [1.807, 2.05) is 24.3 Å². The molecule has 1 aromatic carbocycles. The molecule has 0 bridgehead atoms. The van der Waals surface area contributed by atoms with Crippen LogP contribution in [0.15, 0.2) is 47.4 Å². The molecule has 0 saturated heterocycles. The molecule has 0 amide bonds. The Morgan fingerprint density at radius 1 is 1.18 bits per heavy atom. The Hall–Kier alpha value is -1.25. The van der Waals surface area contributed by atoms with Crippen LogP contribution in [0, 0.1) is 0 Å².